The van der Waals surface area contributed by atoms with Gasteiger partial charge in [-0.1, -0.05) is 25.5 Å². The minimum atomic E-state index is -0.491. The Kier molecular flexibility index (Phi) is 3.92. The topological polar surface area (TPSA) is 63.6 Å². The SMILES string of the molecule is CC(C)(C)C(=O)O[C@H]1CC[C@@]2(C)C(=C[C@H](O)C3C2CC[C@]2(C)C(=O)C4CC32C4)C1. The molecule has 0 heterocycles. The van der Waals surface area contributed by atoms with E-state index in [0.29, 0.717) is 11.7 Å². The molecule has 5 fully saturated rings. The van der Waals surface area contributed by atoms with Crippen molar-refractivity contribution in [3.05, 3.63) is 11.6 Å². The molecule has 6 aliphatic rings. The van der Waals surface area contributed by atoms with E-state index in [0.717, 1.165) is 44.9 Å². The molecular formula is C25H36O4. The van der Waals surface area contributed by atoms with E-state index in [1.54, 1.807) is 0 Å². The highest BCUT2D eigenvalue weighted by molar-refractivity contribution is 5.93. The molecule has 0 saturated heterocycles. The third-order valence-corrected chi connectivity index (χ3v) is 9.87. The van der Waals surface area contributed by atoms with E-state index in [4.69, 9.17) is 4.74 Å². The van der Waals surface area contributed by atoms with Gasteiger partial charge in [0.15, 0.2) is 0 Å². The molecule has 29 heavy (non-hydrogen) atoms. The Bertz CT molecular complexity index is 798. The highest BCUT2D eigenvalue weighted by atomic mass is 16.5. The third-order valence-electron chi connectivity index (χ3n) is 9.87. The molecule has 160 valence electrons. The summed E-state index contributed by atoms with van der Waals surface area (Å²) in [6, 6.07) is 0. The lowest BCUT2D eigenvalue weighted by Gasteiger charge is -2.64. The molecule has 4 heteroatoms. The number of aliphatic hydroxyl groups excluding tert-OH is 1. The smallest absolute Gasteiger partial charge is 0.311 e. The second-order valence-electron chi connectivity index (χ2n) is 12.2. The number of aliphatic hydroxyl groups is 1. The van der Waals surface area contributed by atoms with Crippen molar-refractivity contribution in [1.29, 1.82) is 0 Å². The van der Waals surface area contributed by atoms with Gasteiger partial charge in [0, 0.05) is 17.8 Å². The summed E-state index contributed by atoms with van der Waals surface area (Å²) in [5, 5.41) is 11.3. The van der Waals surface area contributed by atoms with Gasteiger partial charge in [-0.3, -0.25) is 9.59 Å². The van der Waals surface area contributed by atoms with Gasteiger partial charge in [0.25, 0.3) is 0 Å². The molecule has 4 nitrogen and oxygen atoms in total. The van der Waals surface area contributed by atoms with E-state index in [9.17, 15) is 14.7 Å². The van der Waals surface area contributed by atoms with Crippen LogP contribution >= 0.6 is 0 Å². The van der Waals surface area contributed by atoms with Crippen molar-refractivity contribution in [3.8, 4) is 0 Å². The molecule has 0 radical (unpaired) electrons. The molecule has 6 aliphatic carbocycles. The van der Waals surface area contributed by atoms with E-state index in [2.05, 4.69) is 19.9 Å². The molecule has 0 aromatic carbocycles. The molecule has 5 saturated carbocycles. The maximum Gasteiger partial charge on any atom is 0.311 e. The van der Waals surface area contributed by atoms with Gasteiger partial charge in [0.2, 0.25) is 0 Å². The first-order valence-corrected chi connectivity index (χ1v) is 11.6. The van der Waals surface area contributed by atoms with Crippen LogP contribution in [0.15, 0.2) is 11.6 Å². The lowest BCUT2D eigenvalue weighted by molar-refractivity contribution is -0.169. The van der Waals surface area contributed by atoms with Crippen LogP contribution < -0.4 is 0 Å². The van der Waals surface area contributed by atoms with E-state index in [1.807, 2.05) is 20.8 Å². The fourth-order valence-corrected chi connectivity index (χ4v) is 8.07. The van der Waals surface area contributed by atoms with Crippen LogP contribution in [0, 0.1) is 39.4 Å². The number of ketones is 1. The summed E-state index contributed by atoms with van der Waals surface area (Å²) >= 11 is 0. The summed E-state index contributed by atoms with van der Waals surface area (Å²) in [7, 11) is 0. The molecule has 6 atom stereocenters. The largest absolute Gasteiger partial charge is 0.462 e. The summed E-state index contributed by atoms with van der Waals surface area (Å²) in [6.45, 7) is 10.2. The lowest BCUT2D eigenvalue weighted by atomic mass is 9.40. The van der Waals surface area contributed by atoms with Crippen LogP contribution in [-0.4, -0.2) is 29.1 Å². The van der Waals surface area contributed by atoms with Gasteiger partial charge in [0.05, 0.1) is 11.5 Å². The average molecular weight is 401 g/mol. The van der Waals surface area contributed by atoms with E-state index < -0.39 is 11.5 Å². The summed E-state index contributed by atoms with van der Waals surface area (Å²) in [4.78, 5) is 25.3. The van der Waals surface area contributed by atoms with Crippen LogP contribution in [-0.2, 0) is 14.3 Å². The van der Waals surface area contributed by atoms with Gasteiger partial charge in [-0.15, -0.1) is 0 Å². The quantitative estimate of drug-likeness (QED) is 0.522. The summed E-state index contributed by atoms with van der Waals surface area (Å²) < 4.78 is 5.84. The zero-order chi connectivity index (χ0) is 21.0. The van der Waals surface area contributed by atoms with Crippen LogP contribution in [0.2, 0.25) is 0 Å². The van der Waals surface area contributed by atoms with Crippen molar-refractivity contribution in [2.24, 2.45) is 39.4 Å². The van der Waals surface area contributed by atoms with Crippen molar-refractivity contribution < 1.29 is 19.4 Å². The van der Waals surface area contributed by atoms with Crippen LogP contribution in [0.4, 0.5) is 0 Å². The molecule has 0 aromatic heterocycles. The van der Waals surface area contributed by atoms with Crippen LogP contribution in [0.25, 0.3) is 0 Å². The number of hydrogen-bond donors (Lipinski definition) is 1. The fourth-order valence-electron chi connectivity index (χ4n) is 8.07. The zero-order valence-corrected chi connectivity index (χ0v) is 18.6. The number of Topliss-reactive ketones (excluding diaryl/α,β-unsaturated/α-hetero) is 1. The van der Waals surface area contributed by atoms with Crippen molar-refractivity contribution >= 4 is 11.8 Å². The van der Waals surface area contributed by atoms with Gasteiger partial charge in [-0.25, -0.2) is 0 Å². The number of fused-ring (bicyclic) bond motifs is 3. The predicted molar refractivity (Wildman–Crippen MR) is 110 cm³/mol. The number of ether oxygens (including phenoxy) is 1. The third kappa shape index (κ3) is 2.36. The summed E-state index contributed by atoms with van der Waals surface area (Å²) in [5.41, 5.74) is 0.638. The first kappa shape index (κ1) is 19.8. The Labute approximate surface area is 174 Å². The second-order valence-corrected chi connectivity index (χ2v) is 12.2. The molecule has 1 spiro atoms. The molecule has 1 N–H and O–H groups in total. The van der Waals surface area contributed by atoms with E-state index in [1.165, 1.54) is 5.57 Å². The first-order chi connectivity index (χ1) is 13.4. The second kappa shape index (κ2) is 5.75. The van der Waals surface area contributed by atoms with Crippen LogP contribution in [0.3, 0.4) is 0 Å². The number of rotatable bonds is 1. The molecule has 0 aliphatic heterocycles. The standard InChI is InChI=1S/C25H36O4/c1-22(2,3)21(28)29-16-6-8-23(4)15(10-16)11-18(26)19-17(23)7-9-24(5)20(27)14-12-25(19,24)13-14/h11,14,16-19,26H,6-10,12-13H2,1-5H3/t14?,16-,17?,18-,19?,23-,24+,25?/m0/s1. The number of carbonyl (C=O) groups is 2. The maximum absolute atomic E-state index is 12.9. The Morgan fingerprint density at radius 1 is 1.17 bits per heavy atom. The molecule has 0 amide bonds. The van der Waals surface area contributed by atoms with Gasteiger partial charge in [-0.05, 0) is 82.0 Å². The van der Waals surface area contributed by atoms with Crippen LogP contribution in [0.1, 0.15) is 79.6 Å². The summed E-state index contributed by atoms with van der Waals surface area (Å²) in [6.07, 6.45) is 8.14. The minimum Gasteiger partial charge on any atom is -0.462 e. The molecule has 2 bridgehead atoms. The lowest BCUT2D eigenvalue weighted by Crippen LogP contribution is -2.60. The highest BCUT2D eigenvalue weighted by Gasteiger charge is 2.76. The monoisotopic (exact) mass is 400 g/mol. The number of esters is 1. The Balaban J connectivity index is 1.43. The summed E-state index contributed by atoms with van der Waals surface area (Å²) in [5.74, 6) is 1.21. The Morgan fingerprint density at radius 2 is 1.86 bits per heavy atom. The molecule has 6 rings (SSSR count). The van der Waals surface area contributed by atoms with Crippen molar-refractivity contribution in [2.75, 3.05) is 0 Å². The van der Waals surface area contributed by atoms with Gasteiger partial charge < -0.3 is 9.84 Å². The minimum absolute atomic E-state index is 0.0116. The number of hydrogen-bond acceptors (Lipinski definition) is 4. The van der Waals surface area contributed by atoms with Crippen LogP contribution in [0.5, 0.6) is 0 Å². The first-order valence-electron chi connectivity index (χ1n) is 11.6. The Morgan fingerprint density at radius 3 is 2.52 bits per heavy atom. The normalized spacial score (nSPS) is 50.6. The van der Waals surface area contributed by atoms with Crippen molar-refractivity contribution in [3.63, 3.8) is 0 Å². The van der Waals surface area contributed by atoms with E-state index >= 15 is 0 Å². The predicted octanol–water partition coefficient (Wildman–Crippen LogP) is 4.45. The fraction of sp³-hybridized carbons (Fsp3) is 0.840. The molecule has 0 aromatic rings. The van der Waals surface area contributed by atoms with Gasteiger partial charge in [-0.2, -0.15) is 0 Å². The van der Waals surface area contributed by atoms with Gasteiger partial charge >= 0.3 is 5.97 Å². The highest BCUT2D eigenvalue weighted by Crippen LogP contribution is 2.77. The van der Waals surface area contributed by atoms with Crippen molar-refractivity contribution in [1.82, 2.24) is 0 Å². The van der Waals surface area contributed by atoms with Crippen molar-refractivity contribution in [2.45, 2.75) is 91.8 Å². The number of carbonyl (C=O) groups excluding carboxylic acids is 2. The molecular weight excluding hydrogens is 364 g/mol. The molecule has 2 unspecified atom stereocenters. The maximum atomic E-state index is 12.9. The Hall–Kier alpha value is -1.16. The van der Waals surface area contributed by atoms with Gasteiger partial charge in [0.1, 0.15) is 11.9 Å². The zero-order valence-electron chi connectivity index (χ0n) is 18.6. The average Bonchev–Trinajstić information content (AvgIpc) is 2.95. The van der Waals surface area contributed by atoms with E-state index in [-0.39, 0.29) is 40.2 Å².